The second-order valence-corrected chi connectivity index (χ2v) is 17.2. The zero-order valence-electron chi connectivity index (χ0n) is 29.1. The maximum atomic E-state index is 8.25. The van der Waals surface area contributed by atoms with Crippen LogP contribution in [0.15, 0.2) is 132 Å². The SMILES string of the molecule is CCCC1=C(C)c2c(-c3cccc4ccccc34)cccc2C1(Cl)[Si]C1(Cl)C(CCC)=C(C)c2c(-c3cccc4ccccc34)cccc21.[Zr]. The van der Waals surface area contributed by atoms with Crippen molar-refractivity contribution in [3.8, 4) is 22.3 Å². The zero-order chi connectivity index (χ0) is 33.9. The zero-order valence-corrected chi connectivity index (χ0v) is 34.1. The van der Waals surface area contributed by atoms with Crippen molar-refractivity contribution in [1.29, 1.82) is 0 Å². The van der Waals surface area contributed by atoms with E-state index in [4.69, 9.17) is 23.2 Å². The Bertz CT molecular complexity index is 2180. The van der Waals surface area contributed by atoms with E-state index in [2.05, 4.69) is 149 Å². The molecule has 246 valence electrons. The van der Waals surface area contributed by atoms with Crippen molar-refractivity contribution in [1.82, 2.24) is 0 Å². The molecule has 0 saturated heterocycles. The van der Waals surface area contributed by atoms with Crippen molar-refractivity contribution in [3.05, 3.63) is 155 Å². The monoisotopic (exact) mass is 780 g/mol. The van der Waals surface area contributed by atoms with Crippen LogP contribution in [0.1, 0.15) is 75.6 Å². The number of alkyl halides is 2. The smallest absolute Gasteiger partial charge is 0.114 e. The molecular weight excluding hydrogens is 743 g/mol. The first-order valence-corrected chi connectivity index (χ1v) is 19.4. The summed E-state index contributed by atoms with van der Waals surface area (Å²) in [5.41, 5.74) is 15.2. The predicted octanol–water partition coefficient (Wildman–Crippen LogP) is 13.7. The molecule has 0 spiro atoms. The van der Waals surface area contributed by atoms with Gasteiger partial charge < -0.3 is 0 Å². The van der Waals surface area contributed by atoms with Gasteiger partial charge >= 0.3 is 0 Å². The van der Waals surface area contributed by atoms with Gasteiger partial charge in [-0.05, 0) is 115 Å². The number of hydrogen-bond donors (Lipinski definition) is 0. The number of halogens is 2. The Hall–Kier alpha value is -3.00. The Morgan fingerprint density at radius 3 is 1.26 bits per heavy atom. The molecule has 0 saturated carbocycles. The minimum absolute atomic E-state index is 0. The Morgan fingerprint density at radius 2 is 0.840 bits per heavy atom. The van der Waals surface area contributed by atoms with Gasteiger partial charge in [-0.2, -0.15) is 0 Å². The molecule has 2 unspecified atom stereocenters. The summed E-state index contributed by atoms with van der Waals surface area (Å²) in [7, 11) is 0.217. The number of hydrogen-bond acceptors (Lipinski definition) is 0. The van der Waals surface area contributed by atoms with Gasteiger partial charge in [-0.3, -0.25) is 0 Å². The quantitative estimate of drug-likeness (QED) is 0.107. The molecule has 2 radical (unpaired) electrons. The van der Waals surface area contributed by atoms with Gasteiger partial charge in [0.15, 0.2) is 0 Å². The molecule has 50 heavy (non-hydrogen) atoms. The van der Waals surface area contributed by atoms with Gasteiger partial charge in [-0.1, -0.05) is 148 Å². The third kappa shape index (κ3) is 5.40. The number of allylic oxidation sites excluding steroid dienone is 4. The maximum Gasteiger partial charge on any atom is 0.118 e. The van der Waals surface area contributed by atoms with E-state index in [-0.39, 0.29) is 35.7 Å². The van der Waals surface area contributed by atoms with E-state index in [1.807, 2.05) is 0 Å². The standard InChI is InChI=1S/C46H40Cl2Si.Zr/c1-5-15-39-29(3)43-37(35-23-11-19-31-17-7-9-21-33(31)35)25-13-27-41(43)45(39,47)49-46(48)40(16-6-2)30(4)44-38(26-14-28-42(44)46)36-24-12-20-32-18-8-10-22-34(32)36;/h7-14,17-28H,5-6,15-16H2,1-4H3;. The Balaban J connectivity index is 0.00000392. The van der Waals surface area contributed by atoms with E-state index in [0.717, 1.165) is 25.7 Å². The van der Waals surface area contributed by atoms with Gasteiger partial charge in [-0.15, -0.1) is 23.2 Å². The van der Waals surface area contributed by atoms with Gasteiger partial charge in [0.25, 0.3) is 0 Å². The van der Waals surface area contributed by atoms with Crippen LogP contribution in [-0.2, 0) is 35.2 Å². The van der Waals surface area contributed by atoms with Gasteiger partial charge in [0.05, 0.1) is 8.99 Å². The number of fused-ring (bicyclic) bond motifs is 4. The molecule has 0 bridgehead atoms. The van der Waals surface area contributed by atoms with Gasteiger partial charge in [0.2, 0.25) is 0 Å². The van der Waals surface area contributed by atoms with Crippen LogP contribution < -0.4 is 0 Å². The van der Waals surface area contributed by atoms with Crippen molar-refractivity contribution in [3.63, 3.8) is 0 Å². The van der Waals surface area contributed by atoms with Gasteiger partial charge in [0, 0.05) is 26.2 Å². The molecule has 0 aromatic heterocycles. The summed E-state index contributed by atoms with van der Waals surface area (Å²) in [6.07, 6.45) is 3.93. The van der Waals surface area contributed by atoms with Crippen molar-refractivity contribution >= 4 is 65.4 Å². The van der Waals surface area contributed by atoms with Crippen molar-refractivity contribution in [2.75, 3.05) is 0 Å². The van der Waals surface area contributed by atoms with E-state index in [0.29, 0.717) is 0 Å². The molecule has 8 rings (SSSR count). The van der Waals surface area contributed by atoms with E-state index >= 15 is 0 Å². The number of benzene rings is 6. The molecule has 0 nitrogen and oxygen atoms in total. The predicted molar refractivity (Wildman–Crippen MR) is 215 cm³/mol. The third-order valence-electron chi connectivity index (χ3n) is 10.9. The summed E-state index contributed by atoms with van der Waals surface area (Å²) in [6.45, 7) is 9.12. The van der Waals surface area contributed by atoms with Crippen LogP contribution in [0.25, 0.3) is 54.9 Å². The summed E-state index contributed by atoms with van der Waals surface area (Å²) in [4.78, 5) is 0. The summed E-state index contributed by atoms with van der Waals surface area (Å²) in [5, 5.41) is 5.03. The summed E-state index contributed by atoms with van der Waals surface area (Å²) >= 11 is 16.5. The molecule has 2 atom stereocenters. The largest absolute Gasteiger partial charge is 0.118 e. The molecule has 0 amide bonds. The Kier molecular flexibility index (Phi) is 9.81. The maximum absolute atomic E-state index is 8.25. The van der Waals surface area contributed by atoms with Crippen LogP contribution in [-0.4, -0.2) is 9.52 Å². The molecular formula is C46H40Cl2SiZr. The van der Waals surface area contributed by atoms with Crippen molar-refractivity contribution < 1.29 is 26.2 Å². The minimum atomic E-state index is -0.714. The number of rotatable bonds is 8. The van der Waals surface area contributed by atoms with E-state index in [9.17, 15) is 0 Å². The van der Waals surface area contributed by atoms with Crippen molar-refractivity contribution in [2.45, 2.75) is 62.4 Å². The first-order chi connectivity index (χ1) is 23.8. The normalized spacial score (nSPS) is 19.6. The van der Waals surface area contributed by atoms with Crippen LogP contribution in [0.2, 0.25) is 0 Å². The van der Waals surface area contributed by atoms with Crippen LogP contribution in [0.3, 0.4) is 0 Å². The second kappa shape index (κ2) is 13.9. The molecule has 2 aliphatic rings. The average Bonchev–Trinajstić information content (AvgIpc) is 3.47. The molecule has 0 N–H and O–H groups in total. The molecule has 6 aromatic carbocycles. The average molecular weight is 783 g/mol. The molecule has 0 heterocycles. The molecule has 2 aliphatic carbocycles. The molecule has 0 aliphatic heterocycles. The van der Waals surface area contributed by atoms with Crippen molar-refractivity contribution in [2.24, 2.45) is 0 Å². The summed E-state index contributed by atoms with van der Waals surface area (Å²) < 4.78 is -1.43. The molecule has 6 aromatic rings. The fourth-order valence-electron chi connectivity index (χ4n) is 8.74. The Labute approximate surface area is 328 Å². The fourth-order valence-corrected chi connectivity index (χ4v) is 12.6. The minimum Gasteiger partial charge on any atom is -0.114 e. The first-order valence-electron chi connectivity index (χ1n) is 17.6. The summed E-state index contributed by atoms with van der Waals surface area (Å²) in [6, 6.07) is 44.2. The molecule has 4 heteroatoms. The molecule has 0 fully saturated rings. The fraction of sp³-hybridized carbons (Fsp3) is 0.217. The van der Waals surface area contributed by atoms with Crippen LogP contribution >= 0.6 is 23.2 Å². The van der Waals surface area contributed by atoms with Crippen LogP contribution in [0, 0.1) is 0 Å². The van der Waals surface area contributed by atoms with E-state index in [1.54, 1.807) is 0 Å². The first kappa shape index (κ1) is 35.4. The van der Waals surface area contributed by atoms with E-state index < -0.39 is 8.99 Å². The van der Waals surface area contributed by atoms with Gasteiger partial charge in [0.1, 0.15) is 9.52 Å². The summed E-state index contributed by atoms with van der Waals surface area (Å²) in [5.74, 6) is 0. The van der Waals surface area contributed by atoms with E-state index in [1.165, 1.54) is 88.3 Å². The third-order valence-corrected chi connectivity index (χ3v) is 14.1. The van der Waals surface area contributed by atoms with Crippen LogP contribution in [0.4, 0.5) is 0 Å². The van der Waals surface area contributed by atoms with Crippen LogP contribution in [0.5, 0.6) is 0 Å². The van der Waals surface area contributed by atoms with Gasteiger partial charge in [-0.25, -0.2) is 0 Å². The topological polar surface area (TPSA) is 0 Å². The second-order valence-electron chi connectivity index (χ2n) is 13.7. The Morgan fingerprint density at radius 1 is 0.480 bits per heavy atom.